The highest BCUT2D eigenvalue weighted by atomic mass is 79.9. The van der Waals surface area contributed by atoms with Crippen LogP contribution < -0.4 is 39.9 Å². The minimum absolute atomic E-state index is 0. The molecular formula is C52H85BrCl2FN13O16. The number of piperidine rings is 1. The number of aryl methyl sites for hydroxylation is 3. The van der Waals surface area contributed by atoms with Crippen LogP contribution in [-0.4, -0.2) is 180 Å². The fourth-order valence-corrected chi connectivity index (χ4v) is 8.46. The van der Waals surface area contributed by atoms with Crippen molar-refractivity contribution >= 4 is 64.4 Å². The van der Waals surface area contributed by atoms with Gasteiger partial charge in [0.2, 0.25) is 0 Å². The number of aliphatic imine (C=N–C) groups is 1. The SMILES string of the molecule is CCOC(C)=N.COCCN=C(C)N.COCCn1c(C)nc(=O)[nH]c1=O.COCCn1c(C)nc(=O)n(CCCBr)c1=O.COCCn1c(C)nc(=O)n(CCCN2C3CCC2CC(OCc2ccccc2F)C3)c1=O.Cl.Cl.O=C(O)C(=O)O. The van der Waals surface area contributed by atoms with Crippen LogP contribution in [0.25, 0.3) is 0 Å². The van der Waals surface area contributed by atoms with Crippen molar-refractivity contribution in [2.45, 2.75) is 138 Å². The highest BCUT2D eigenvalue weighted by Crippen LogP contribution is 2.37. The van der Waals surface area contributed by atoms with Crippen molar-refractivity contribution < 1.29 is 52.6 Å². The Labute approximate surface area is 512 Å². The van der Waals surface area contributed by atoms with E-state index in [1.807, 2.05) is 13.0 Å². The number of nitrogens with one attached hydrogen (secondary N) is 2. The van der Waals surface area contributed by atoms with Crippen LogP contribution in [0.5, 0.6) is 0 Å². The van der Waals surface area contributed by atoms with Gasteiger partial charge in [0, 0.05) is 78.0 Å². The van der Waals surface area contributed by atoms with Crippen LogP contribution in [0.1, 0.15) is 82.3 Å². The second-order valence-corrected chi connectivity index (χ2v) is 19.0. The average molecular weight is 1320 g/mol. The largest absolute Gasteiger partial charge is 0.482 e. The summed E-state index contributed by atoms with van der Waals surface area (Å²) in [7, 11) is 6.32. The third-order valence-electron chi connectivity index (χ3n) is 12.1. The van der Waals surface area contributed by atoms with Crippen molar-refractivity contribution in [1.29, 1.82) is 5.41 Å². The van der Waals surface area contributed by atoms with E-state index < -0.39 is 34.7 Å². The third-order valence-corrected chi connectivity index (χ3v) is 12.7. The summed E-state index contributed by atoms with van der Waals surface area (Å²) >= 11 is 3.27. The molecule has 1 aromatic carbocycles. The molecule has 33 heteroatoms. The number of halogens is 4. The number of hydrogen-bond donors (Lipinski definition) is 5. The molecule has 2 aliphatic rings. The molecule has 0 spiro atoms. The van der Waals surface area contributed by atoms with Crippen LogP contribution in [0, 0.1) is 32.0 Å². The van der Waals surface area contributed by atoms with Crippen molar-refractivity contribution in [2.24, 2.45) is 10.7 Å². The molecule has 85 heavy (non-hydrogen) atoms. The van der Waals surface area contributed by atoms with Gasteiger partial charge < -0.3 is 44.4 Å². The summed E-state index contributed by atoms with van der Waals surface area (Å²) in [5, 5.41) is 22.2. The van der Waals surface area contributed by atoms with E-state index in [9.17, 15) is 33.2 Å². The first-order valence-corrected chi connectivity index (χ1v) is 27.6. The number of methoxy groups -OCH3 is 4. The minimum atomic E-state index is -1.82. The van der Waals surface area contributed by atoms with Gasteiger partial charge in [0.1, 0.15) is 23.3 Å². The van der Waals surface area contributed by atoms with Gasteiger partial charge in [-0.3, -0.25) is 34.0 Å². The predicted molar refractivity (Wildman–Crippen MR) is 324 cm³/mol. The van der Waals surface area contributed by atoms with E-state index in [2.05, 4.69) is 50.5 Å². The summed E-state index contributed by atoms with van der Waals surface area (Å²) in [6, 6.07) is 7.61. The molecule has 4 aromatic rings. The average Bonchev–Trinajstić information content (AvgIpc) is 3.99. The molecule has 0 aliphatic carbocycles. The Hall–Kier alpha value is -6.32. The molecule has 6 rings (SSSR count). The molecule has 2 unspecified atom stereocenters. The summed E-state index contributed by atoms with van der Waals surface area (Å²) in [6.45, 7) is 16.3. The van der Waals surface area contributed by atoms with Crippen molar-refractivity contribution in [3.05, 3.63) is 116 Å². The van der Waals surface area contributed by atoms with Gasteiger partial charge in [0.25, 0.3) is 0 Å². The van der Waals surface area contributed by atoms with E-state index in [0.717, 1.165) is 42.1 Å². The van der Waals surface area contributed by atoms with E-state index >= 15 is 0 Å². The number of carbonyl (C=O) groups is 2. The maximum Gasteiger partial charge on any atom is 0.414 e. The van der Waals surface area contributed by atoms with Gasteiger partial charge >= 0.3 is 46.1 Å². The zero-order valence-corrected chi connectivity index (χ0v) is 53.1. The van der Waals surface area contributed by atoms with Gasteiger partial charge in [-0.2, -0.15) is 15.0 Å². The Morgan fingerprint density at radius 3 is 1.58 bits per heavy atom. The number of nitrogens with zero attached hydrogens (tertiary/aromatic N) is 10. The zero-order valence-electron chi connectivity index (χ0n) is 49.9. The molecule has 2 fully saturated rings. The van der Waals surface area contributed by atoms with Crippen LogP contribution in [0.15, 0.2) is 58.0 Å². The van der Waals surface area contributed by atoms with E-state index in [4.69, 9.17) is 54.6 Å². The molecule has 2 atom stereocenters. The number of amidine groups is 1. The van der Waals surface area contributed by atoms with Crippen LogP contribution in [-0.2, 0) is 77.3 Å². The van der Waals surface area contributed by atoms with Gasteiger partial charge in [0.05, 0.1) is 77.8 Å². The Morgan fingerprint density at radius 2 is 1.18 bits per heavy atom. The number of aromatic amines is 1. The minimum Gasteiger partial charge on any atom is -0.482 e. The van der Waals surface area contributed by atoms with Crippen molar-refractivity contribution in [1.82, 2.24) is 47.7 Å². The number of H-pyrrole nitrogens is 1. The summed E-state index contributed by atoms with van der Waals surface area (Å²) in [5.74, 6) is -1.74. The Bertz CT molecular complexity index is 3000. The highest BCUT2D eigenvalue weighted by molar-refractivity contribution is 9.09. The van der Waals surface area contributed by atoms with Crippen LogP contribution in [0.3, 0.4) is 0 Å². The molecule has 5 heterocycles. The number of alkyl halides is 1. The zero-order chi connectivity index (χ0) is 62.6. The molecule has 2 aliphatic heterocycles. The predicted octanol–water partition coefficient (Wildman–Crippen LogP) is 2.16. The third kappa shape index (κ3) is 30.5. The lowest BCUT2D eigenvalue weighted by molar-refractivity contribution is -0.159. The number of benzene rings is 1. The number of nitrogens with two attached hydrogens (primary N) is 1. The lowest BCUT2D eigenvalue weighted by Crippen LogP contribution is -2.47. The second kappa shape index (κ2) is 45.1. The van der Waals surface area contributed by atoms with E-state index in [1.54, 1.807) is 75.2 Å². The molecule has 0 amide bonds. The summed E-state index contributed by atoms with van der Waals surface area (Å²) in [6.07, 6.45) is 5.67. The maximum absolute atomic E-state index is 13.9. The number of aliphatic carboxylic acids is 2. The fourth-order valence-electron chi connectivity index (χ4n) is 8.21. The highest BCUT2D eigenvalue weighted by Gasteiger charge is 2.40. The van der Waals surface area contributed by atoms with Gasteiger partial charge in [-0.05, 0) is 79.2 Å². The number of fused-ring (bicyclic) bond motifs is 2. The van der Waals surface area contributed by atoms with Crippen molar-refractivity contribution in [2.75, 3.05) is 79.9 Å². The molecule has 2 bridgehead atoms. The monoisotopic (exact) mass is 1320 g/mol. The lowest BCUT2D eigenvalue weighted by Gasteiger charge is -2.39. The maximum atomic E-state index is 13.9. The van der Waals surface area contributed by atoms with Crippen LogP contribution >= 0.6 is 40.7 Å². The Balaban J connectivity index is 0. The number of hydrogen-bond acceptors (Lipinski definition) is 20. The van der Waals surface area contributed by atoms with Crippen LogP contribution in [0.4, 0.5) is 4.39 Å². The number of ether oxygens (including phenoxy) is 6. The fraction of sp³-hybridized carbons (Fsp3) is 0.635. The molecule has 29 nitrogen and oxygen atoms in total. The van der Waals surface area contributed by atoms with Gasteiger partial charge in [0.15, 0.2) is 5.90 Å². The molecule has 0 radical (unpaired) electrons. The number of rotatable bonds is 23. The van der Waals surface area contributed by atoms with Crippen molar-refractivity contribution in [3.63, 3.8) is 0 Å². The lowest BCUT2D eigenvalue weighted by atomic mass is 9.99. The number of aromatic nitrogens is 9. The normalized spacial score (nSPS) is 14.7. The summed E-state index contributed by atoms with van der Waals surface area (Å²) < 4.78 is 50.8. The van der Waals surface area contributed by atoms with Crippen molar-refractivity contribution in [3.8, 4) is 0 Å². The van der Waals surface area contributed by atoms with E-state index in [1.165, 1.54) is 24.3 Å². The summed E-state index contributed by atoms with van der Waals surface area (Å²) in [5.41, 5.74) is 3.14. The topological polar surface area (TPSA) is 377 Å². The van der Waals surface area contributed by atoms with Gasteiger partial charge in [-0.25, -0.2) is 51.9 Å². The number of carboxylic acid groups (broad SMARTS) is 2. The Kier molecular flexibility index (Phi) is 42.8. The molecule has 6 N–H and O–H groups in total. The quantitative estimate of drug-likeness (QED) is 0.0233. The molecule has 0 saturated carbocycles. The van der Waals surface area contributed by atoms with Gasteiger partial charge in [-0.15, -0.1) is 24.8 Å². The standard InChI is InChI=1S/C24H33FN4O4.C10H16BrN3O3.C7H11N3O3.C5H12N2O.C4H9NO.C2H2O4.2ClH/c1-17-26-23(30)29(24(31)27(17)12-13-32-2)11-5-10-28-19-8-9-20(28)15-21(14-19)33-16-18-6-3-4-7-22(18)25;1-8-12-9(15)14(5-3-4-11)10(16)13(8)6-7-17-2;1-5-8-6(11)9-7(12)10(5)3-4-13-2;1-5(6)7-3-4-8-2;1-3-6-4(2)5;3-1(4)2(5)6;;/h3-4,6-7,19-21H,5,8-16H2,1-2H3;3-7H2,1-2H3;3-4H2,1-2H3,(H,9,11,12);3-4H2,1-2H3,(H2,6,7);5H,3H2,1-2H3;(H,3,4)(H,5,6);2*1H. The molecule has 3 aromatic heterocycles. The second-order valence-electron chi connectivity index (χ2n) is 18.2. The first-order chi connectivity index (χ1) is 39.4. The first kappa shape index (κ1) is 80.7. The van der Waals surface area contributed by atoms with Gasteiger partial charge in [-0.1, -0.05) is 34.1 Å². The number of carboxylic acids is 2. The Morgan fingerprint density at radius 1 is 0.718 bits per heavy atom. The van der Waals surface area contributed by atoms with E-state index in [0.29, 0.717) is 133 Å². The summed E-state index contributed by atoms with van der Waals surface area (Å²) in [4.78, 5) is 109. The van der Waals surface area contributed by atoms with E-state index in [-0.39, 0.29) is 54.0 Å². The molecule has 482 valence electrons. The molecular weight excluding hydrogens is 1230 g/mol. The molecule has 2 saturated heterocycles. The smallest absolute Gasteiger partial charge is 0.414 e. The van der Waals surface area contributed by atoms with Crippen LogP contribution in [0.2, 0.25) is 0 Å². The first-order valence-electron chi connectivity index (χ1n) is 26.5.